The number of hydrogen-bond acceptors (Lipinski definition) is 3. The molecule has 1 amide bonds. The van der Waals surface area contributed by atoms with Gasteiger partial charge in [0.2, 0.25) is 10.0 Å². The van der Waals surface area contributed by atoms with E-state index in [9.17, 15) is 13.2 Å². The van der Waals surface area contributed by atoms with E-state index >= 15 is 0 Å². The SMILES string of the molecule is Cc1ccc(S(=O)(=O)N2CCCC2)cc1C(=O)NC1CCCCCC1. The second-order valence-electron chi connectivity index (χ2n) is 7.25. The molecule has 2 aliphatic rings. The van der Waals surface area contributed by atoms with Crippen LogP contribution in [-0.4, -0.2) is 37.8 Å². The van der Waals surface area contributed by atoms with Crippen LogP contribution in [0.5, 0.6) is 0 Å². The summed E-state index contributed by atoms with van der Waals surface area (Å²) in [5, 5.41) is 3.12. The molecule has 1 heterocycles. The molecule has 5 nitrogen and oxygen atoms in total. The van der Waals surface area contributed by atoms with Crippen LogP contribution in [0.1, 0.15) is 67.3 Å². The average molecular weight is 365 g/mol. The van der Waals surface area contributed by atoms with Gasteiger partial charge in [0.05, 0.1) is 4.90 Å². The first-order chi connectivity index (χ1) is 12.0. The van der Waals surface area contributed by atoms with Gasteiger partial charge in [-0.15, -0.1) is 0 Å². The number of carbonyl (C=O) groups excluding carboxylic acids is 1. The van der Waals surface area contributed by atoms with Gasteiger partial charge in [-0.1, -0.05) is 31.7 Å². The maximum Gasteiger partial charge on any atom is 0.251 e. The van der Waals surface area contributed by atoms with Crippen LogP contribution in [0, 0.1) is 6.92 Å². The van der Waals surface area contributed by atoms with E-state index in [0.717, 1.165) is 44.1 Å². The predicted octanol–water partition coefficient (Wildman–Crippen LogP) is 3.23. The Kier molecular flexibility index (Phi) is 5.79. The molecule has 1 N–H and O–H groups in total. The van der Waals surface area contributed by atoms with E-state index in [4.69, 9.17) is 0 Å². The Morgan fingerprint density at radius 2 is 1.68 bits per heavy atom. The topological polar surface area (TPSA) is 66.5 Å². The highest BCUT2D eigenvalue weighted by atomic mass is 32.2. The fourth-order valence-electron chi connectivity index (χ4n) is 3.77. The molecule has 0 spiro atoms. The Hall–Kier alpha value is -1.40. The molecule has 1 aromatic carbocycles. The minimum absolute atomic E-state index is 0.150. The molecule has 0 unspecified atom stereocenters. The lowest BCUT2D eigenvalue weighted by molar-refractivity contribution is 0.0932. The summed E-state index contributed by atoms with van der Waals surface area (Å²) in [6.07, 6.45) is 8.58. The first-order valence-electron chi connectivity index (χ1n) is 9.40. The molecule has 1 aromatic rings. The molecule has 0 radical (unpaired) electrons. The van der Waals surface area contributed by atoms with Crippen LogP contribution in [0.4, 0.5) is 0 Å². The van der Waals surface area contributed by atoms with E-state index in [1.54, 1.807) is 18.2 Å². The number of nitrogens with one attached hydrogen (secondary N) is 1. The van der Waals surface area contributed by atoms with Gasteiger partial charge in [-0.25, -0.2) is 8.42 Å². The van der Waals surface area contributed by atoms with Gasteiger partial charge in [-0.2, -0.15) is 4.31 Å². The van der Waals surface area contributed by atoms with Gasteiger partial charge in [-0.3, -0.25) is 4.79 Å². The summed E-state index contributed by atoms with van der Waals surface area (Å²) in [6.45, 7) is 2.99. The zero-order valence-corrected chi connectivity index (χ0v) is 15.8. The van der Waals surface area contributed by atoms with Crippen LogP contribution in [0.2, 0.25) is 0 Å². The number of amides is 1. The minimum atomic E-state index is -3.50. The Labute approximate surface area is 150 Å². The lowest BCUT2D eigenvalue weighted by Gasteiger charge is -2.19. The Morgan fingerprint density at radius 1 is 1.04 bits per heavy atom. The van der Waals surface area contributed by atoms with Crippen LogP contribution in [0.15, 0.2) is 23.1 Å². The van der Waals surface area contributed by atoms with Gasteiger partial charge in [0.25, 0.3) is 5.91 Å². The first kappa shape index (κ1) is 18.4. The van der Waals surface area contributed by atoms with Crippen molar-refractivity contribution in [3.8, 4) is 0 Å². The van der Waals surface area contributed by atoms with Crippen LogP contribution in [0.3, 0.4) is 0 Å². The lowest BCUT2D eigenvalue weighted by Crippen LogP contribution is -2.35. The molecule has 1 saturated heterocycles. The summed E-state index contributed by atoms with van der Waals surface area (Å²) in [6, 6.07) is 5.11. The molecule has 1 aliphatic carbocycles. The van der Waals surface area contributed by atoms with Gasteiger partial charge < -0.3 is 5.32 Å². The molecule has 0 aromatic heterocycles. The molecule has 2 fully saturated rings. The van der Waals surface area contributed by atoms with Gasteiger partial charge in [-0.05, 0) is 50.3 Å². The molecular weight excluding hydrogens is 336 g/mol. The molecular formula is C19H28N2O3S. The van der Waals surface area contributed by atoms with E-state index in [-0.39, 0.29) is 16.8 Å². The van der Waals surface area contributed by atoms with Crippen molar-refractivity contribution in [1.82, 2.24) is 9.62 Å². The first-order valence-corrected chi connectivity index (χ1v) is 10.8. The minimum Gasteiger partial charge on any atom is -0.349 e. The number of aryl methyl sites for hydroxylation is 1. The lowest BCUT2D eigenvalue weighted by atomic mass is 10.1. The van der Waals surface area contributed by atoms with E-state index in [1.165, 1.54) is 17.1 Å². The van der Waals surface area contributed by atoms with Gasteiger partial charge in [0, 0.05) is 24.7 Å². The summed E-state index contributed by atoms with van der Waals surface area (Å²) in [5.41, 5.74) is 1.29. The van der Waals surface area contributed by atoms with Gasteiger partial charge >= 0.3 is 0 Å². The van der Waals surface area contributed by atoms with Gasteiger partial charge in [0.15, 0.2) is 0 Å². The second-order valence-corrected chi connectivity index (χ2v) is 9.19. The molecule has 6 heteroatoms. The van der Waals surface area contributed by atoms with Crippen molar-refractivity contribution in [2.45, 2.75) is 69.2 Å². The maximum atomic E-state index is 12.8. The molecule has 1 aliphatic heterocycles. The number of rotatable bonds is 4. The summed E-state index contributed by atoms with van der Waals surface area (Å²) in [7, 11) is -3.50. The summed E-state index contributed by atoms with van der Waals surface area (Å²) in [5.74, 6) is -0.150. The molecule has 0 bridgehead atoms. The zero-order chi connectivity index (χ0) is 17.9. The van der Waals surface area contributed by atoms with Crippen molar-refractivity contribution < 1.29 is 13.2 Å². The highest BCUT2D eigenvalue weighted by Crippen LogP contribution is 2.24. The van der Waals surface area contributed by atoms with Crippen molar-refractivity contribution in [3.63, 3.8) is 0 Å². The quantitative estimate of drug-likeness (QED) is 0.834. The summed E-state index contributed by atoms with van der Waals surface area (Å²) < 4.78 is 27.0. The molecule has 1 saturated carbocycles. The van der Waals surface area contributed by atoms with Crippen molar-refractivity contribution in [1.29, 1.82) is 0 Å². The fraction of sp³-hybridized carbons (Fsp3) is 0.632. The van der Waals surface area contributed by atoms with Crippen LogP contribution in [-0.2, 0) is 10.0 Å². The van der Waals surface area contributed by atoms with Crippen molar-refractivity contribution in [2.24, 2.45) is 0 Å². The van der Waals surface area contributed by atoms with Gasteiger partial charge in [0.1, 0.15) is 0 Å². The number of carbonyl (C=O) groups is 1. The van der Waals surface area contributed by atoms with E-state index in [0.29, 0.717) is 18.7 Å². The van der Waals surface area contributed by atoms with Crippen molar-refractivity contribution in [2.75, 3.05) is 13.1 Å². The highest BCUT2D eigenvalue weighted by Gasteiger charge is 2.28. The number of nitrogens with zero attached hydrogens (tertiary/aromatic N) is 1. The van der Waals surface area contributed by atoms with E-state index in [2.05, 4.69) is 5.32 Å². The Balaban J connectivity index is 1.80. The van der Waals surface area contributed by atoms with Crippen molar-refractivity contribution in [3.05, 3.63) is 29.3 Å². The number of hydrogen-bond donors (Lipinski definition) is 1. The zero-order valence-electron chi connectivity index (χ0n) is 15.0. The average Bonchev–Trinajstić information content (AvgIpc) is 3.02. The fourth-order valence-corrected chi connectivity index (χ4v) is 5.31. The normalized spacial score (nSPS) is 20.4. The van der Waals surface area contributed by atoms with E-state index in [1.807, 2.05) is 6.92 Å². The molecule has 138 valence electrons. The van der Waals surface area contributed by atoms with Crippen LogP contribution in [0.25, 0.3) is 0 Å². The van der Waals surface area contributed by atoms with Crippen molar-refractivity contribution >= 4 is 15.9 Å². The number of sulfonamides is 1. The third-order valence-electron chi connectivity index (χ3n) is 5.35. The third kappa shape index (κ3) is 4.23. The molecule has 0 atom stereocenters. The van der Waals surface area contributed by atoms with Crippen LogP contribution >= 0.6 is 0 Å². The Bertz CT molecular complexity index is 716. The smallest absolute Gasteiger partial charge is 0.251 e. The predicted molar refractivity (Wildman–Crippen MR) is 98.1 cm³/mol. The summed E-state index contributed by atoms with van der Waals surface area (Å²) in [4.78, 5) is 13.0. The standard InChI is InChI=1S/C19H28N2O3S/c1-15-10-11-17(25(23,24)21-12-6-7-13-21)14-18(15)19(22)20-16-8-4-2-3-5-9-16/h10-11,14,16H,2-9,12-13H2,1H3,(H,20,22). The second kappa shape index (κ2) is 7.87. The summed E-state index contributed by atoms with van der Waals surface area (Å²) >= 11 is 0. The third-order valence-corrected chi connectivity index (χ3v) is 7.24. The maximum absolute atomic E-state index is 12.8. The Morgan fingerprint density at radius 3 is 2.32 bits per heavy atom. The van der Waals surface area contributed by atoms with Crippen LogP contribution < -0.4 is 5.32 Å². The molecule has 25 heavy (non-hydrogen) atoms. The number of benzene rings is 1. The highest BCUT2D eigenvalue weighted by molar-refractivity contribution is 7.89. The monoisotopic (exact) mass is 364 g/mol. The largest absolute Gasteiger partial charge is 0.349 e. The molecule has 3 rings (SSSR count). The van der Waals surface area contributed by atoms with E-state index < -0.39 is 10.0 Å².